The van der Waals surface area contributed by atoms with Crippen LogP contribution < -0.4 is 5.56 Å². The van der Waals surface area contributed by atoms with E-state index in [9.17, 15) is 15.0 Å². The van der Waals surface area contributed by atoms with Gasteiger partial charge in [-0.15, -0.1) is 0 Å². The van der Waals surface area contributed by atoms with Crippen LogP contribution in [0.25, 0.3) is 5.57 Å². The Morgan fingerprint density at radius 2 is 2.04 bits per heavy atom. The molecule has 0 fully saturated rings. The zero-order chi connectivity index (χ0) is 19.2. The van der Waals surface area contributed by atoms with E-state index in [0.717, 1.165) is 29.8 Å². The topological polar surface area (TPSA) is 89.5 Å². The molecule has 1 aliphatic rings. The molecule has 144 valence electrons. The summed E-state index contributed by atoms with van der Waals surface area (Å²) in [6, 6.07) is 10.2. The van der Waals surface area contributed by atoms with Gasteiger partial charge in [0.1, 0.15) is 0 Å². The van der Waals surface area contributed by atoms with Crippen LogP contribution in [0.1, 0.15) is 30.2 Å². The zero-order valence-electron chi connectivity index (χ0n) is 15.6. The SMILES string of the molecule is CC[C@@H](CN(CC1=CCc2c1nc[nH]c2=O)Cc1ccccc1)[C@@H](O)CO. The lowest BCUT2D eigenvalue weighted by atomic mass is 9.98. The number of benzene rings is 1. The van der Waals surface area contributed by atoms with Crippen LogP contribution in [0.4, 0.5) is 0 Å². The second kappa shape index (κ2) is 9.08. The number of aliphatic hydroxyl groups is 2. The van der Waals surface area contributed by atoms with Crippen LogP contribution in [0, 0.1) is 5.92 Å². The highest BCUT2D eigenvalue weighted by Gasteiger charge is 2.24. The fraction of sp³-hybridized carbons (Fsp3) is 0.429. The lowest BCUT2D eigenvalue weighted by Crippen LogP contribution is -2.37. The number of hydrogen-bond donors (Lipinski definition) is 3. The Morgan fingerprint density at radius 1 is 1.26 bits per heavy atom. The summed E-state index contributed by atoms with van der Waals surface area (Å²) in [4.78, 5) is 21.2. The van der Waals surface area contributed by atoms with Crippen molar-refractivity contribution < 1.29 is 10.2 Å². The molecule has 1 aromatic carbocycles. The average Bonchev–Trinajstić information content (AvgIpc) is 3.10. The second-order valence-corrected chi connectivity index (χ2v) is 7.07. The maximum absolute atomic E-state index is 12.0. The van der Waals surface area contributed by atoms with E-state index in [1.54, 1.807) is 0 Å². The van der Waals surface area contributed by atoms with Gasteiger partial charge in [-0.25, -0.2) is 4.98 Å². The molecule has 0 spiro atoms. The molecule has 0 amide bonds. The number of hydrogen-bond acceptors (Lipinski definition) is 5. The number of aromatic nitrogens is 2. The maximum atomic E-state index is 12.0. The highest BCUT2D eigenvalue weighted by atomic mass is 16.3. The minimum absolute atomic E-state index is 0.0210. The van der Waals surface area contributed by atoms with E-state index in [4.69, 9.17) is 0 Å². The molecule has 1 heterocycles. The molecule has 2 atom stereocenters. The third-order valence-electron chi connectivity index (χ3n) is 5.20. The molecule has 0 radical (unpaired) electrons. The van der Waals surface area contributed by atoms with E-state index in [-0.39, 0.29) is 18.1 Å². The molecule has 2 aromatic rings. The largest absolute Gasteiger partial charge is 0.394 e. The van der Waals surface area contributed by atoms with Gasteiger partial charge in [-0.1, -0.05) is 43.3 Å². The lowest BCUT2D eigenvalue weighted by Gasteiger charge is -2.29. The molecular formula is C21H27N3O3. The van der Waals surface area contributed by atoms with Crippen molar-refractivity contribution in [1.29, 1.82) is 0 Å². The first-order chi connectivity index (χ1) is 13.1. The first-order valence-electron chi connectivity index (χ1n) is 9.43. The van der Waals surface area contributed by atoms with Crippen LogP contribution in [0.2, 0.25) is 0 Å². The predicted molar refractivity (Wildman–Crippen MR) is 105 cm³/mol. The third kappa shape index (κ3) is 4.71. The van der Waals surface area contributed by atoms with Gasteiger partial charge in [-0.2, -0.15) is 0 Å². The fourth-order valence-electron chi connectivity index (χ4n) is 3.63. The smallest absolute Gasteiger partial charge is 0.254 e. The highest BCUT2D eigenvalue weighted by molar-refractivity contribution is 5.70. The second-order valence-electron chi connectivity index (χ2n) is 7.07. The molecule has 3 rings (SSSR count). The summed E-state index contributed by atoms with van der Waals surface area (Å²) in [5, 5.41) is 19.5. The minimum atomic E-state index is -0.737. The molecule has 0 aliphatic heterocycles. The number of aliphatic hydroxyl groups excluding tert-OH is 2. The van der Waals surface area contributed by atoms with Gasteiger partial charge in [-0.3, -0.25) is 9.69 Å². The van der Waals surface area contributed by atoms with Gasteiger partial charge in [0, 0.05) is 25.2 Å². The number of nitrogens with one attached hydrogen (secondary N) is 1. The molecule has 0 saturated heterocycles. The quantitative estimate of drug-likeness (QED) is 0.625. The average molecular weight is 369 g/mol. The first kappa shape index (κ1) is 19.5. The molecule has 1 aliphatic carbocycles. The standard InChI is InChI=1S/C21H27N3O3/c1-2-16(19(26)13-25)11-24(10-15-6-4-3-5-7-15)12-17-8-9-18-20(17)22-14-23-21(18)27/h3-8,14,16,19,25-26H,2,9-13H2,1H3,(H,22,23,27)/t16-,19-/m0/s1. The zero-order valence-corrected chi connectivity index (χ0v) is 15.6. The van der Waals surface area contributed by atoms with Gasteiger partial charge >= 0.3 is 0 Å². The number of rotatable bonds is 9. The number of aromatic amines is 1. The van der Waals surface area contributed by atoms with Crippen molar-refractivity contribution in [3.05, 3.63) is 69.9 Å². The molecule has 1 aromatic heterocycles. The highest BCUT2D eigenvalue weighted by Crippen LogP contribution is 2.25. The Balaban J connectivity index is 1.80. The number of H-pyrrole nitrogens is 1. The van der Waals surface area contributed by atoms with Crippen molar-refractivity contribution in [2.45, 2.75) is 32.4 Å². The number of nitrogens with zero attached hydrogens (tertiary/aromatic N) is 2. The molecule has 0 unspecified atom stereocenters. The Morgan fingerprint density at radius 3 is 2.74 bits per heavy atom. The Hall–Kier alpha value is -2.28. The summed E-state index contributed by atoms with van der Waals surface area (Å²) in [6.07, 6.45) is 4.16. The molecule has 0 saturated carbocycles. The molecular weight excluding hydrogens is 342 g/mol. The van der Waals surface area contributed by atoms with Crippen LogP contribution >= 0.6 is 0 Å². The number of fused-ring (bicyclic) bond motifs is 1. The van der Waals surface area contributed by atoms with Gasteiger partial charge in [0.15, 0.2) is 0 Å². The van der Waals surface area contributed by atoms with Gasteiger partial charge < -0.3 is 15.2 Å². The summed E-state index contributed by atoms with van der Waals surface area (Å²) < 4.78 is 0. The van der Waals surface area contributed by atoms with Crippen LogP contribution in [0.5, 0.6) is 0 Å². The monoisotopic (exact) mass is 369 g/mol. The third-order valence-corrected chi connectivity index (χ3v) is 5.20. The van der Waals surface area contributed by atoms with E-state index >= 15 is 0 Å². The van der Waals surface area contributed by atoms with Crippen molar-refractivity contribution in [1.82, 2.24) is 14.9 Å². The van der Waals surface area contributed by atoms with Gasteiger partial charge in [0.05, 0.1) is 24.7 Å². The van der Waals surface area contributed by atoms with Gasteiger partial charge in [0.25, 0.3) is 5.56 Å². The molecule has 6 nitrogen and oxygen atoms in total. The van der Waals surface area contributed by atoms with Crippen LogP contribution in [0.15, 0.2) is 47.5 Å². The molecule has 6 heteroatoms. The molecule has 27 heavy (non-hydrogen) atoms. The predicted octanol–water partition coefficient (Wildman–Crippen LogP) is 1.59. The molecule has 3 N–H and O–H groups in total. The van der Waals surface area contributed by atoms with Gasteiger partial charge in [0.2, 0.25) is 0 Å². The summed E-state index contributed by atoms with van der Waals surface area (Å²) >= 11 is 0. The Kier molecular flexibility index (Phi) is 6.55. The van der Waals surface area contributed by atoms with Crippen molar-refractivity contribution in [3.8, 4) is 0 Å². The van der Waals surface area contributed by atoms with E-state index < -0.39 is 6.10 Å². The minimum Gasteiger partial charge on any atom is -0.394 e. The van der Waals surface area contributed by atoms with Crippen molar-refractivity contribution >= 4 is 5.57 Å². The summed E-state index contributed by atoms with van der Waals surface area (Å²) in [7, 11) is 0. The Bertz CT molecular complexity index is 832. The maximum Gasteiger partial charge on any atom is 0.254 e. The van der Waals surface area contributed by atoms with E-state index in [2.05, 4.69) is 33.1 Å². The van der Waals surface area contributed by atoms with E-state index in [0.29, 0.717) is 19.5 Å². The Labute approximate surface area is 159 Å². The van der Waals surface area contributed by atoms with Crippen molar-refractivity contribution in [2.75, 3.05) is 19.7 Å². The van der Waals surface area contributed by atoms with Gasteiger partial charge in [-0.05, 0) is 29.9 Å². The summed E-state index contributed by atoms with van der Waals surface area (Å²) in [6.45, 7) is 3.82. The van der Waals surface area contributed by atoms with E-state index in [1.165, 1.54) is 11.9 Å². The number of allylic oxidation sites excluding steroid dienone is 1. The van der Waals surface area contributed by atoms with Crippen LogP contribution in [-0.4, -0.2) is 50.9 Å². The van der Waals surface area contributed by atoms with Crippen LogP contribution in [-0.2, 0) is 13.0 Å². The van der Waals surface area contributed by atoms with E-state index in [1.807, 2.05) is 25.1 Å². The lowest BCUT2D eigenvalue weighted by molar-refractivity contribution is 0.0301. The van der Waals surface area contributed by atoms with Crippen molar-refractivity contribution in [2.24, 2.45) is 5.92 Å². The summed E-state index contributed by atoms with van der Waals surface area (Å²) in [5.74, 6) is -0.0210. The fourth-order valence-corrected chi connectivity index (χ4v) is 3.63. The molecule has 0 bridgehead atoms. The van der Waals surface area contributed by atoms with Crippen LogP contribution in [0.3, 0.4) is 0 Å². The first-order valence-corrected chi connectivity index (χ1v) is 9.43. The van der Waals surface area contributed by atoms with Crippen molar-refractivity contribution in [3.63, 3.8) is 0 Å². The normalized spacial score (nSPS) is 15.5. The summed E-state index contributed by atoms with van der Waals surface area (Å²) in [5.41, 5.74) is 3.63.